The summed E-state index contributed by atoms with van der Waals surface area (Å²) in [4.78, 5) is 49.9. The number of carbonyl (C=O) groups is 4. The van der Waals surface area contributed by atoms with Gasteiger partial charge in [0, 0.05) is 6.42 Å². The van der Waals surface area contributed by atoms with Crippen LogP contribution in [0, 0.1) is 11.8 Å². The molecule has 0 radical (unpaired) electrons. The average molecular weight is 585 g/mol. The number of esters is 4. The van der Waals surface area contributed by atoms with E-state index in [1.807, 2.05) is 0 Å². The Kier molecular flexibility index (Phi) is 8.50. The van der Waals surface area contributed by atoms with Crippen molar-refractivity contribution in [1.29, 1.82) is 0 Å². The van der Waals surface area contributed by atoms with Gasteiger partial charge in [-0.2, -0.15) is 17.2 Å². The quantitative estimate of drug-likeness (QED) is 0.150. The molecule has 1 aliphatic carbocycles. The third-order valence-corrected chi connectivity index (χ3v) is 8.35. The highest BCUT2D eigenvalue weighted by molar-refractivity contribution is 7.86. The summed E-state index contributed by atoms with van der Waals surface area (Å²) in [6.45, 7) is 2.34. The molecule has 0 aromatic carbocycles. The van der Waals surface area contributed by atoms with Crippen LogP contribution in [0.4, 0.5) is 8.78 Å². The van der Waals surface area contributed by atoms with Crippen molar-refractivity contribution in [2.24, 2.45) is 11.8 Å². The van der Waals surface area contributed by atoms with Crippen LogP contribution in [-0.4, -0.2) is 85.0 Å². The summed E-state index contributed by atoms with van der Waals surface area (Å²) in [6.07, 6.45) is -4.73. The van der Waals surface area contributed by atoms with Crippen molar-refractivity contribution in [3.05, 3.63) is 0 Å². The van der Waals surface area contributed by atoms with Crippen molar-refractivity contribution in [3.63, 3.8) is 0 Å². The zero-order chi connectivity index (χ0) is 28.7. The third-order valence-electron chi connectivity index (χ3n) is 7.33. The third kappa shape index (κ3) is 5.88. The Morgan fingerprint density at radius 1 is 1.08 bits per heavy atom. The Hall–Kier alpha value is -2.43. The van der Waals surface area contributed by atoms with Gasteiger partial charge in [0.25, 0.3) is 0 Å². The highest BCUT2D eigenvalue weighted by Gasteiger charge is 2.72. The van der Waals surface area contributed by atoms with E-state index < -0.39 is 101 Å². The Labute approximate surface area is 222 Å². The van der Waals surface area contributed by atoms with E-state index in [-0.39, 0.29) is 6.10 Å². The van der Waals surface area contributed by atoms with Gasteiger partial charge in [0.2, 0.25) is 6.29 Å². The van der Waals surface area contributed by atoms with Crippen LogP contribution in [0.25, 0.3) is 0 Å². The van der Waals surface area contributed by atoms with Crippen molar-refractivity contribution in [2.75, 3.05) is 0 Å². The molecule has 16 heteroatoms. The largest absolute Gasteiger partial charge is 0.455 e. The van der Waals surface area contributed by atoms with E-state index >= 15 is 0 Å². The van der Waals surface area contributed by atoms with Gasteiger partial charge in [0.1, 0.15) is 24.0 Å². The van der Waals surface area contributed by atoms with E-state index in [1.54, 1.807) is 6.92 Å². The summed E-state index contributed by atoms with van der Waals surface area (Å²) in [5, 5.41) is -4.75. The van der Waals surface area contributed by atoms with Crippen molar-refractivity contribution < 1.29 is 69.4 Å². The molecule has 1 N–H and O–H groups in total. The van der Waals surface area contributed by atoms with Gasteiger partial charge in [-0.25, -0.2) is 0 Å². The minimum atomic E-state index is -5.84. The predicted octanol–water partition coefficient (Wildman–Crippen LogP) is 1.27. The summed E-state index contributed by atoms with van der Waals surface area (Å²) in [6, 6.07) is 0. The maximum absolute atomic E-state index is 13.6. The zero-order valence-electron chi connectivity index (χ0n) is 21.2. The van der Waals surface area contributed by atoms with Gasteiger partial charge in [-0.15, -0.1) is 0 Å². The van der Waals surface area contributed by atoms with E-state index in [9.17, 15) is 36.4 Å². The number of hydrogen-bond donors (Lipinski definition) is 1. The van der Waals surface area contributed by atoms with Crippen LogP contribution in [0.1, 0.15) is 58.8 Å². The molecule has 220 valence electrons. The molecule has 0 aromatic rings. The summed E-state index contributed by atoms with van der Waals surface area (Å²) in [7, 11) is -5.84. The molecule has 8 unspecified atom stereocenters. The topological polar surface area (TPSA) is 178 Å². The Morgan fingerprint density at radius 3 is 2.33 bits per heavy atom. The molecule has 1 saturated carbocycles. The molecule has 4 rings (SSSR count). The lowest BCUT2D eigenvalue weighted by Crippen LogP contribution is -2.48. The van der Waals surface area contributed by atoms with E-state index in [2.05, 4.69) is 4.74 Å². The lowest BCUT2D eigenvalue weighted by Gasteiger charge is -2.29. The fourth-order valence-electron chi connectivity index (χ4n) is 5.34. The Bertz CT molecular complexity index is 1090. The fraction of sp³-hybridized carbons (Fsp3) is 0.826. The highest BCUT2D eigenvalue weighted by Crippen LogP contribution is 2.51. The van der Waals surface area contributed by atoms with Crippen LogP contribution in [0.2, 0.25) is 0 Å². The van der Waals surface area contributed by atoms with Gasteiger partial charge in [-0.3, -0.25) is 23.7 Å². The van der Waals surface area contributed by atoms with E-state index in [1.165, 1.54) is 0 Å². The van der Waals surface area contributed by atoms with Crippen LogP contribution < -0.4 is 0 Å². The molecule has 8 atom stereocenters. The Morgan fingerprint density at radius 2 is 1.72 bits per heavy atom. The summed E-state index contributed by atoms with van der Waals surface area (Å²) in [5.74, 6) is -5.87. The Balaban J connectivity index is 1.33. The van der Waals surface area contributed by atoms with Crippen LogP contribution in [0.15, 0.2) is 0 Å². The molecule has 3 saturated heterocycles. The maximum atomic E-state index is 13.6. The normalized spacial score (nSPS) is 31.6. The van der Waals surface area contributed by atoms with Crippen LogP contribution in [0.5, 0.6) is 0 Å². The first kappa shape index (κ1) is 29.6. The number of alkyl halides is 2. The first-order valence-corrected chi connectivity index (χ1v) is 14.1. The van der Waals surface area contributed by atoms with Gasteiger partial charge in [-0.05, 0) is 19.8 Å². The second-order valence-electron chi connectivity index (χ2n) is 9.96. The lowest BCUT2D eigenvalue weighted by atomic mass is 9.78. The molecule has 3 heterocycles. The first-order chi connectivity index (χ1) is 18.2. The molecule has 4 fully saturated rings. The van der Waals surface area contributed by atoms with Crippen molar-refractivity contribution in [2.45, 2.75) is 107 Å². The number of fused-ring (bicyclic) bond motifs is 1. The molecule has 0 aromatic heterocycles. The standard InChI is InChI=1S/C23H30F2O13S/c1-3-14(34-11-6-4-5-7-11)36-21(28)15-16-18-20(38-22(16)29)19(17(15)37-18)35-13(27)9-8-12(26)33-10(2)23(24,25)39(30,31)32/h10-11,14-20H,3-9H2,1-2H3,(H,30,31,32). The monoisotopic (exact) mass is 584 g/mol. The lowest BCUT2D eigenvalue weighted by molar-refractivity contribution is -0.198. The second-order valence-corrected chi connectivity index (χ2v) is 11.5. The maximum Gasteiger partial charge on any atom is 0.405 e. The van der Waals surface area contributed by atoms with Crippen molar-refractivity contribution in [3.8, 4) is 0 Å². The molecule has 4 aliphatic rings. The minimum Gasteiger partial charge on any atom is -0.455 e. The number of carbonyl (C=O) groups excluding carboxylic acids is 4. The van der Waals surface area contributed by atoms with Gasteiger partial charge in [0.15, 0.2) is 18.3 Å². The number of halogens is 2. The number of rotatable bonds is 12. The summed E-state index contributed by atoms with van der Waals surface area (Å²) < 4.78 is 89.3. The number of hydrogen-bond acceptors (Lipinski definition) is 12. The molecular weight excluding hydrogens is 554 g/mol. The van der Waals surface area contributed by atoms with E-state index in [4.69, 9.17) is 28.2 Å². The summed E-state index contributed by atoms with van der Waals surface area (Å²) in [5.41, 5.74) is 0. The second kappa shape index (κ2) is 11.2. The van der Waals surface area contributed by atoms with Crippen LogP contribution in [0.3, 0.4) is 0 Å². The van der Waals surface area contributed by atoms with Gasteiger partial charge in [-0.1, -0.05) is 19.8 Å². The SMILES string of the molecule is CCC(OC(=O)C1C2OC3C(OC(=O)C31)C2OC(=O)CCC(=O)OC(C)C(F)(F)S(=O)(=O)O)OC1CCCC1. The van der Waals surface area contributed by atoms with Gasteiger partial charge >= 0.3 is 39.2 Å². The van der Waals surface area contributed by atoms with E-state index in [0.717, 1.165) is 25.7 Å². The van der Waals surface area contributed by atoms with Crippen LogP contribution >= 0.6 is 0 Å². The minimum absolute atomic E-state index is 0.0255. The molecule has 2 bridgehead atoms. The fourth-order valence-corrected chi connectivity index (χ4v) is 5.81. The molecular formula is C23H30F2O13S. The molecule has 0 spiro atoms. The van der Waals surface area contributed by atoms with Gasteiger partial charge in [0.05, 0.1) is 18.9 Å². The predicted molar refractivity (Wildman–Crippen MR) is 120 cm³/mol. The average Bonchev–Trinajstić information content (AvgIpc) is 3.61. The molecule has 3 aliphatic heterocycles. The smallest absolute Gasteiger partial charge is 0.405 e. The zero-order valence-corrected chi connectivity index (χ0v) is 22.0. The van der Waals surface area contributed by atoms with Crippen molar-refractivity contribution in [1.82, 2.24) is 0 Å². The van der Waals surface area contributed by atoms with Gasteiger partial charge < -0.3 is 28.4 Å². The van der Waals surface area contributed by atoms with Crippen LogP contribution in [-0.2, 0) is 57.7 Å². The van der Waals surface area contributed by atoms with E-state index in [0.29, 0.717) is 13.3 Å². The highest BCUT2D eigenvalue weighted by atomic mass is 32.2. The van der Waals surface area contributed by atoms with Crippen molar-refractivity contribution >= 4 is 34.0 Å². The molecule has 39 heavy (non-hydrogen) atoms. The summed E-state index contributed by atoms with van der Waals surface area (Å²) >= 11 is 0. The number of ether oxygens (including phenoxy) is 6. The molecule has 13 nitrogen and oxygen atoms in total. The molecule has 0 amide bonds. The first-order valence-electron chi connectivity index (χ1n) is 12.7.